The summed E-state index contributed by atoms with van der Waals surface area (Å²) in [5.74, 6) is -1.20. The van der Waals surface area contributed by atoms with E-state index in [4.69, 9.17) is 16.7 Å². The van der Waals surface area contributed by atoms with Crippen molar-refractivity contribution in [3.63, 3.8) is 0 Å². The highest BCUT2D eigenvalue weighted by Crippen LogP contribution is 2.14. The van der Waals surface area contributed by atoms with Crippen LogP contribution in [-0.4, -0.2) is 11.0 Å². The lowest BCUT2D eigenvalue weighted by molar-refractivity contribution is -0.113. The number of aliphatic hydroxyl groups is 1. The number of nitrogens with zero attached hydrogens (tertiary/aromatic N) is 1. The summed E-state index contributed by atoms with van der Waals surface area (Å²) in [5, 5.41) is 14.4. The van der Waals surface area contributed by atoms with Gasteiger partial charge in [0.25, 0.3) is 5.91 Å². The maximum Gasteiger partial charge on any atom is 0.281 e. The number of anilines is 1. The highest BCUT2D eigenvalue weighted by Gasteiger charge is 2.13. The molecule has 0 bridgehead atoms. The summed E-state index contributed by atoms with van der Waals surface area (Å²) < 4.78 is 0. The molecule has 0 fully saturated rings. The molecule has 0 saturated heterocycles. The average Bonchev–Trinajstić information content (AvgIpc) is 2.22. The number of allylic oxidation sites excluding steroid dienone is 1. The Kier molecular flexibility index (Phi) is 4.02. The first kappa shape index (κ1) is 12.2. The van der Waals surface area contributed by atoms with Crippen LogP contribution >= 0.6 is 11.6 Å². The van der Waals surface area contributed by atoms with Crippen molar-refractivity contribution in [3.8, 4) is 0 Å². The molecule has 0 heterocycles. The van der Waals surface area contributed by atoms with Crippen molar-refractivity contribution in [2.45, 2.75) is 6.92 Å². The number of carbonyl (C=O) groups is 1. The first-order valence-corrected chi connectivity index (χ1v) is 4.72. The predicted molar refractivity (Wildman–Crippen MR) is 61.2 cm³/mol. The number of hydrogen-bond donors (Lipinski definition) is 2. The van der Waals surface area contributed by atoms with Crippen LogP contribution in [0, 0.1) is 4.91 Å². The summed E-state index contributed by atoms with van der Waals surface area (Å²) in [6.45, 7) is 1.21. The Bertz CT molecular complexity index is 436. The van der Waals surface area contributed by atoms with Crippen molar-refractivity contribution >= 4 is 23.2 Å². The highest BCUT2D eigenvalue weighted by molar-refractivity contribution is 6.30. The van der Waals surface area contributed by atoms with E-state index in [1.807, 2.05) is 0 Å². The quantitative estimate of drug-likeness (QED) is 0.484. The van der Waals surface area contributed by atoms with Crippen LogP contribution in [0.3, 0.4) is 0 Å². The standard InChI is InChI=1S/C10H9ClN2O3/c1-6(14)9(13-16)10(15)12-8-4-2-7(11)3-5-8/h2-5,14H,1H3,(H,12,15)/b9-6+. The molecule has 1 aromatic rings. The van der Waals surface area contributed by atoms with E-state index in [1.165, 1.54) is 6.92 Å². The number of aliphatic hydroxyl groups excluding tert-OH is 1. The molecule has 0 unspecified atom stereocenters. The second-order valence-electron chi connectivity index (χ2n) is 2.99. The fourth-order valence-electron chi connectivity index (χ4n) is 0.995. The Balaban J connectivity index is 2.83. The normalized spacial score (nSPS) is 11.6. The number of nitroso groups, excluding NO2 is 1. The lowest BCUT2D eigenvalue weighted by Crippen LogP contribution is -2.14. The fraction of sp³-hybridized carbons (Fsp3) is 0.100. The molecule has 0 aromatic heterocycles. The van der Waals surface area contributed by atoms with Crippen molar-refractivity contribution in [2.24, 2.45) is 5.18 Å². The van der Waals surface area contributed by atoms with Gasteiger partial charge in [0, 0.05) is 10.7 Å². The van der Waals surface area contributed by atoms with Gasteiger partial charge in [-0.1, -0.05) is 11.6 Å². The number of rotatable bonds is 3. The molecule has 0 radical (unpaired) electrons. The van der Waals surface area contributed by atoms with E-state index < -0.39 is 17.4 Å². The van der Waals surface area contributed by atoms with Crippen LogP contribution in [0.1, 0.15) is 6.92 Å². The van der Waals surface area contributed by atoms with E-state index in [0.717, 1.165) is 0 Å². The lowest BCUT2D eigenvalue weighted by Gasteiger charge is -2.04. The summed E-state index contributed by atoms with van der Waals surface area (Å²) in [6.07, 6.45) is 0. The molecule has 0 aliphatic carbocycles. The fourth-order valence-corrected chi connectivity index (χ4v) is 1.12. The second kappa shape index (κ2) is 5.27. The first-order valence-electron chi connectivity index (χ1n) is 4.34. The van der Waals surface area contributed by atoms with Gasteiger partial charge in [-0.25, -0.2) is 0 Å². The monoisotopic (exact) mass is 240 g/mol. The summed E-state index contributed by atoms with van der Waals surface area (Å²) in [6, 6.07) is 6.30. The zero-order valence-corrected chi connectivity index (χ0v) is 9.15. The smallest absolute Gasteiger partial charge is 0.281 e. The largest absolute Gasteiger partial charge is 0.510 e. The van der Waals surface area contributed by atoms with Crippen LogP contribution in [0.2, 0.25) is 5.02 Å². The second-order valence-corrected chi connectivity index (χ2v) is 3.42. The van der Waals surface area contributed by atoms with Crippen LogP contribution in [0.4, 0.5) is 5.69 Å². The number of hydrogen-bond acceptors (Lipinski definition) is 4. The SMILES string of the molecule is C/C(O)=C(\N=O)C(=O)Nc1ccc(Cl)cc1. The maximum atomic E-state index is 11.4. The molecule has 6 heteroatoms. The van der Waals surface area contributed by atoms with Crippen LogP contribution in [-0.2, 0) is 4.79 Å². The Morgan fingerprint density at radius 3 is 2.38 bits per heavy atom. The van der Waals surface area contributed by atoms with Crippen molar-refractivity contribution in [2.75, 3.05) is 5.32 Å². The zero-order chi connectivity index (χ0) is 12.1. The van der Waals surface area contributed by atoms with E-state index >= 15 is 0 Å². The topological polar surface area (TPSA) is 78.8 Å². The van der Waals surface area contributed by atoms with Gasteiger partial charge in [-0.05, 0) is 36.4 Å². The molecular formula is C10H9ClN2O3. The van der Waals surface area contributed by atoms with E-state index in [2.05, 4.69) is 10.5 Å². The molecule has 1 amide bonds. The van der Waals surface area contributed by atoms with Gasteiger partial charge in [-0.3, -0.25) is 4.79 Å². The first-order chi connectivity index (χ1) is 7.54. The van der Waals surface area contributed by atoms with Gasteiger partial charge in [-0.2, -0.15) is 0 Å². The van der Waals surface area contributed by atoms with E-state index in [1.54, 1.807) is 24.3 Å². The van der Waals surface area contributed by atoms with Gasteiger partial charge >= 0.3 is 0 Å². The molecule has 2 N–H and O–H groups in total. The Morgan fingerprint density at radius 2 is 1.94 bits per heavy atom. The molecule has 1 rings (SSSR count). The Morgan fingerprint density at radius 1 is 1.38 bits per heavy atom. The molecule has 0 aliphatic rings. The van der Waals surface area contributed by atoms with Crippen molar-refractivity contribution in [3.05, 3.63) is 45.7 Å². The lowest BCUT2D eigenvalue weighted by atomic mass is 10.3. The van der Waals surface area contributed by atoms with Gasteiger partial charge in [0.05, 0.1) is 0 Å². The minimum atomic E-state index is -0.766. The summed E-state index contributed by atoms with van der Waals surface area (Å²) in [5.41, 5.74) is -0.0910. The Labute approximate surface area is 96.7 Å². The zero-order valence-electron chi connectivity index (χ0n) is 8.40. The average molecular weight is 241 g/mol. The predicted octanol–water partition coefficient (Wildman–Crippen LogP) is 2.83. The third-order valence-electron chi connectivity index (χ3n) is 1.75. The highest BCUT2D eigenvalue weighted by atomic mass is 35.5. The third kappa shape index (κ3) is 3.06. The molecule has 84 valence electrons. The van der Waals surface area contributed by atoms with Gasteiger partial charge in [0.1, 0.15) is 5.76 Å². The summed E-state index contributed by atoms with van der Waals surface area (Å²) >= 11 is 5.66. The van der Waals surface area contributed by atoms with Crippen LogP contribution < -0.4 is 5.32 Å². The van der Waals surface area contributed by atoms with Gasteiger partial charge in [0.15, 0.2) is 0 Å². The van der Waals surface area contributed by atoms with E-state index in [-0.39, 0.29) is 0 Å². The maximum absolute atomic E-state index is 11.4. The van der Waals surface area contributed by atoms with Crippen molar-refractivity contribution < 1.29 is 9.90 Å². The Hall–Kier alpha value is -1.88. The van der Waals surface area contributed by atoms with Gasteiger partial charge in [0.2, 0.25) is 5.70 Å². The summed E-state index contributed by atoms with van der Waals surface area (Å²) in [4.78, 5) is 21.7. The number of nitrogens with one attached hydrogen (secondary N) is 1. The van der Waals surface area contributed by atoms with E-state index in [0.29, 0.717) is 10.7 Å². The molecule has 16 heavy (non-hydrogen) atoms. The number of amides is 1. The van der Waals surface area contributed by atoms with Crippen molar-refractivity contribution in [1.82, 2.24) is 0 Å². The number of halogens is 1. The molecule has 0 saturated carbocycles. The molecular weight excluding hydrogens is 232 g/mol. The molecule has 0 aliphatic heterocycles. The molecule has 0 spiro atoms. The van der Waals surface area contributed by atoms with Crippen LogP contribution in [0.25, 0.3) is 0 Å². The van der Waals surface area contributed by atoms with Gasteiger partial charge in [-0.15, -0.1) is 4.91 Å². The number of benzene rings is 1. The van der Waals surface area contributed by atoms with E-state index in [9.17, 15) is 9.70 Å². The third-order valence-corrected chi connectivity index (χ3v) is 2.00. The van der Waals surface area contributed by atoms with Gasteiger partial charge < -0.3 is 10.4 Å². The molecule has 0 atom stereocenters. The molecule has 1 aromatic carbocycles. The van der Waals surface area contributed by atoms with Crippen LogP contribution in [0.15, 0.2) is 40.9 Å². The van der Waals surface area contributed by atoms with Crippen molar-refractivity contribution in [1.29, 1.82) is 0 Å². The van der Waals surface area contributed by atoms with Crippen LogP contribution in [0.5, 0.6) is 0 Å². The minimum absolute atomic E-state index is 0.429. The molecule has 5 nitrogen and oxygen atoms in total. The summed E-state index contributed by atoms with van der Waals surface area (Å²) in [7, 11) is 0. The number of carbonyl (C=O) groups excluding carboxylic acids is 1. The minimum Gasteiger partial charge on any atom is -0.510 e.